The molecule has 0 aliphatic heterocycles. The lowest BCUT2D eigenvalue weighted by Gasteiger charge is -2.14. The van der Waals surface area contributed by atoms with Crippen LogP contribution in [0.4, 0.5) is 14.5 Å². The number of aromatic nitrogens is 2. The summed E-state index contributed by atoms with van der Waals surface area (Å²) in [5, 5.41) is 2.42. The third-order valence-electron chi connectivity index (χ3n) is 4.50. The number of hydrogen-bond acceptors (Lipinski definition) is 6. The Bertz CT molecular complexity index is 1420. The maximum atomic E-state index is 13.8. The molecule has 4 aromatic rings. The number of benzene rings is 3. The van der Waals surface area contributed by atoms with Gasteiger partial charge >= 0.3 is 0 Å². The molecule has 4 rings (SSSR count). The van der Waals surface area contributed by atoms with E-state index in [1.165, 1.54) is 30.3 Å². The van der Waals surface area contributed by atoms with Gasteiger partial charge < -0.3 is 5.32 Å². The molecule has 1 aromatic heterocycles. The molecule has 7 nitrogen and oxygen atoms in total. The lowest BCUT2D eigenvalue weighted by atomic mass is 10.1. The summed E-state index contributed by atoms with van der Waals surface area (Å²) in [5.41, 5.74) is 0.281. The molecule has 0 saturated heterocycles. The Morgan fingerprint density at radius 1 is 1.03 bits per heavy atom. The Hall–Kier alpha value is -2.96. The highest BCUT2D eigenvalue weighted by atomic mass is 79.9. The van der Waals surface area contributed by atoms with Crippen molar-refractivity contribution in [2.75, 3.05) is 4.72 Å². The Labute approximate surface area is 194 Å². The first-order valence-electron chi connectivity index (χ1n) is 9.01. The summed E-state index contributed by atoms with van der Waals surface area (Å²) < 4.78 is 64.8. The van der Waals surface area contributed by atoms with Crippen molar-refractivity contribution >= 4 is 60.3 Å². The second-order valence-corrected chi connectivity index (χ2v) is 9.66. The van der Waals surface area contributed by atoms with Crippen LogP contribution in [0.1, 0.15) is 15.9 Å². The maximum absolute atomic E-state index is 13.8. The van der Waals surface area contributed by atoms with Crippen molar-refractivity contribution in [2.24, 2.45) is 0 Å². The van der Waals surface area contributed by atoms with Crippen LogP contribution in [0.15, 0.2) is 64.0 Å². The van der Waals surface area contributed by atoms with E-state index in [2.05, 4.69) is 34.7 Å². The molecule has 0 spiro atoms. The van der Waals surface area contributed by atoms with E-state index in [4.69, 9.17) is 0 Å². The highest BCUT2D eigenvalue weighted by Crippen LogP contribution is 2.27. The predicted octanol–water partition coefficient (Wildman–Crippen LogP) is 4.46. The number of carbonyl (C=O) groups is 1. The zero-order valence-electron chi connectivity index (χ0n) is 16.0. The van der Waals surface area contributed by atoms with Crippen LogP contribution in [0.5, 0.6) is 0 Å². The minimum absolute atomic E-state index is 0.0222. The molecule has 0 aliphatic rings. The third kappa shape index (κ3) is 4.47. The van der Waals surface area contributed by atoms with Gasteiger partial charge in [0.2, 0.25) is 0 Å². The summed E-state index contributed by atoms with van der Waals surface area (Å²) in [6.07, 6.45) is 0. The molecule has 0 aliphatic carbocycles. The largest absolute Gasteiger partial charge is 0.348 e. The van der Waals surface area contributed by atoms with Gasteiger partial charge in [0.25, 0.3) is 15.9 Å². The smallest absolute Gasteiger partial charge is 0.264 e. The fourth-order valence-corrected chi connectivity index (χ4v) is 5.16. The number of fused-ring (bicyclic) bond motifs is 1. The van der Waals surface area contributed by atoms with E-state index in [-0.39, 0.29) is 27.2 Å². The van der Waals surface area contributed by atoms with Gasteiger partial charge in [0.05, 0.1) is 23.0 Å². The van der Waals surface area contributed by atoms with Crippen LogP contribution in [0.3, 0.4) is 0 Å². The molecule has 1 heterocycles. The van der Waals surface area contributed by atoms with E-state index >= 15 is 0 Å². The number of nitrogens with zero attached hydrogens (tertiary/aromatic N) is 2. The second-order valence-electron chi connectivity index (χ2n) is 6.57. The summed E-state index contributed by atoms with van der Waals surface area (Å²) in [6.45, 7) is -0.413. The van der Waals surface area contributed by atoms with Gasteiger partial charge in [-0.25, -0.2) is 17.2 Å². The third-order valence-corrected chi connectivity index (χ3v) is 6.93. The number of halogens is 3. The summed E-state index contributed by atoms with van der Waals surface area (Å²) in [6, 6.07) is 12.3. The number of carbonyl (C=O) groups excluding carboxylic acids is 1. The molecular weight excluding hydrogens is 526 g/mol. The molecule has 0 radical (unpaired) electrons. The Kier molecular flexibility index (Phi) is 6.17. The highest BCUT2D eigenvalue weighted by Gasteiger charge is 2.23. The minimum Gasteiger partial charge on any atom is -0.348 e. The quantitative estimate of drug-likeness (QED) is 0.377. The molecule has 1 amide bonds. The molecule has 12 heteroatoms. The van der Waals surface area contributed by atoms with Gasteiger partial charge in [-0.05, 0) is 42.5 Å². The Balaban J connectivity index is 1.64. The molecule has 0 atom stereocenters. The number of anilines is 1. The first kappa shape index (κ1) is 22.2. The minimum atomic E-state index is -4.13. The molecule has 0 fully saturated rings. The first-order valence-corrected chi connectivity index (χ1v) is 12.0. The monoisotopic (exact) mass is 538 g/mol. The van der Waals surface area contributed by atoms with Crippen LogP contribution >= 0.6 is 27.7 Å². The average molecular weight is 539 g/mol. The van der Waals surface area contributed by atoms with Crippen molar-refractivity contribution < 1.29 is 22.0 Å². The molecule has 0 saturated carbocycles. The number of hydrogen-bond donors (Lipinski definition) is 2. The molecule has 3 aromatic carbocycles. The molecule has 32 heavy (non-hydrogen) atoms. The predicted molar refractivity (Wildman–Crippen MR) is 120 cm³/mol. The van der Waals surface area contributed by atoms with Crippen molar-refractivity contribution in [3.63, 3.8) is 0 Å². The van der Waals surface area contributed by atoms with E-state index in [9.17, 15) is 22.0 Å². The van der Waals surface area contributed by atoms with Crippen molar-refractivity contribution in [3.8, 4) is 0 Å². The first-order chi connectivity index (χ1) is 15.3. The fourth-order valence-electron chi connectivity index (χ4n) is 2.96. The molecule has 164 valence electrons. The summed E-state index contributed by atoms with van der Waals surface area (Å²) in [4.78, 5) is 12.6. The van der Waals surface area contributed by atoms with Gasteiger partial charge in [0.15, 0.2) is 0 Å². The zero-order chi connectivity index (χ0) is 22.9. The van der Waals surface area contributed by atoms with E-state index in [0.29, 0.717) is 9.99 Å². The number of amides is 1. The summed E-state index contributed by atoms with van der Waals surface area (Å²) in [5.74, 6) is -2.31. The lowest BCUT2D eigenvalue weighted by molar-refractivity contribution is 0.0951. The number of rotatable bonds is 6. The van der Waals surface area contributed by atoms with E-state index in [1.807, 2.05) is 0 Å². The van der Waals surface area contributed by atoms with Gasteiger partial charge in [0.1, 0.15) is 27.6 Å². The SMILES string of the molecule is O=C(NCc1c(F)cccc1F)c1ccc(Br)cc1NS(=O)(=O)c1cccc2nsnc12. The van der Waals surface area contributed by atoms with Crippen molar-refractivity contribution in [1.29, 1.82) is 0 Å². The van der Waals surface area contributed by atoms with Gasteiger partial charge in [-0.2, -0.15) is 8.75 Å². The van der Waals surface area contributed by atoms with Gasteiger partial charge in [-0.3, -0.25) is 9.52 Å². The van der Waals surface area contributed by atoms with Crippen molar-refractivity contribution in [3.05, 3.63) is 81.8 Å². The number of sulfonamides is 1. The van der Waals surface area contributed by atoms with Crippen LogP contribution in [0, 0.1) is 11.6 Å². The van der Waals surface area contributed by atoms with Gasteiger partial charge in [0, 0.05) is 16.6 Å². The zero-order valence-corrected chi connectivity index (χ0v) is 19.2. The van der Waals surface area contributed by atoms with E-state index in [1.54, 1.807) is 12.1 Å². The molecule has 0 unspecified atom stereocenters. The van der Waals surface area contributed by atoms with Gasteiger partial charge in [-0.15, -0.1) is 0 Å². The fraction of sp³-hybridized carbons (Fsp3) is 0.0500. The van der Waals surface area contributed by atoms with E-state index in [0.717, 1.165) is 23.9 Å². The Morgan fingerprint density at radius 3 is 2.50 bits per heavy atom. The maximum Gasteiger partial charge on any atom is 0.264 e. The lowest BCUT2D eigenvalue weighted by Crippen LogP contribution is -2.26. The molecule has 2 N–H and O–H groups in total. The topological polar surface area (TPSA) is 101 Å². The molecule has 0 bridgehead atoms. The highest BCUT2D eigenvalue weighted by molar-refractivity contribution is 9.10. The van der Waals surface area contributed by atoms with Crippen LogP contribution < -0.4 is 10.0 Å². The Morgan fingerprint density at radius 2 is 1.75 bits per heavy atom. The second kappa shape index (κ2) is 8.88. The van der Waals surface area contributed by atoms with Crippen molar-refractivity contribution in [2.45, 2.75) is 11.4 Å². The van der Waals surface area contributed by atoms with Crippen LogP contribution in [-0.2, 0) is 16.6 Å². The average Bonchev–Trinajstić information content (AvgIpc) is 3.22. The molecular formula is C20H13BrF2N4O3S2. The van der Waals surface area contributed by atoms with Gasteiger partial charge in [-0.1, -0.05) is 28.1 Å². The standard InChI is InChI=1S/C20H13BrF2N4O3S2/c21-11-7-8-12(20(28)24-10-13-14(22)3-1-4-15(13)23)17(9-11)27-32(29,30)18-6-2-5-16-19(18)26-31-25-16/h1-9,27H,10H2,(H,24,28). The van der Waals surface area contributed by atoms with Crippen LogP contribution in [-0.4, -0.2) is 23.1 Å². The number of nitrogens with one attached hydrogen (secondary N) is 2. The summed E-state index contributed by atoms with van der Waals surface area (Å²) in [7, 11) is -4.13. The van der Waals surface area contributed by atoms with Crippen molar-refractivity contribution in [1.82, 2.24) is 14.1 Å². The normalized spacial score (nSPS) is 11.5. The van der Waals surface area contributed by atoms with E-state index < -0.39 is 34.1 Å². The summed E-state index contributed by atoms with van der Waals surface area (Å²) >= 11 is 4.13. The van der Waals surface area contributed by atoms with Crippen LogP contribution in [0.2, 0.25) is 0 Å². The van der Waals surface area contributed by atoms with Crippen LogP contribution in [0.25, 0.3) is 11.0 Å².